The second kappa shape index (κ2) is 3.84. The van der Waals surface area contributed by atoms with Crippen molar-refractivity contribution in [2.45, 2.75) is 20.3 Å². The Morgan fingerprint density at radius 1 is 1.29 bits per heavy atom. The van der Waals surface area contributed by atoms with Crippen LogP contribution in [0.3, 0.4) is 0 Å². The van der Waals surface area contributed by atoms with Crippen LogP contribution in [0.2, 0.25) is 0 Å². The number of rotatable bonds is 2. The first-order valence-electron chi connectivity index (χ1n) is 4.53. The van der Waals surface area contributed by atoms with Gasteiger partial charge < -0.3 is 0 Å². The molecule has 2 rings (SSSR count). The lowest BCUT2D eigenvalue weighted by atomic mass is 10.2. The zero-order valence-electron chi connectivity index (χ0n) is 8.19. The van der Waals surface area contributed by atoms with Crippen molar-refractivity contribution >= 4 is 11.3 Å². The predicted molar refractivity (Wildman–Crippen MR) is 57.3 cm³/mol. The first kappa shape index (κ1) is 9.27. The summed E-state index contributed by atoms with van der Waals surface area (Å²) in [5.74, 6) is 0. The van der Waals surface area contributed by atoms with E-state index in [4.69, 9.17) is 0 Å². The van der Waals surface area contributed by atoms with E-state index in [0.717, 1.165) is 22.7 Å². The summed E-state index contributed by atoms with van der Waals surface area (Å²) in [5, 5.41) is 1.01. The predicted octanol–water partition coefficient (Wildman–Crippen LogP) is 2.47. The molecule has 2 aromatic rings. The maximum atomic E-state index is 4.36. The zero-order valence-corrected chi connectivity index (χ0v) is 9.01. The summed E-state index contributed by atoms with van der Waals surface area (Å²) in [6.45, 7) is 4.11. The molecule has 0 unspecified atom stereocenters. The summed E-state index contributed by atoms with van der Waals surface area (Å²) in [7, 11) is 0. The zero-order chi connectivity index (χ0) is 9.97. The van der Waals surface area contributed by atoms with Crippen LogP contribution in [-0.4, -0.2) is 15.0 Å². The van der Waals surface area contributed by atoms with Gasteiger partial charge in [0, 0.05) is 17.3 Å². The van der Waals surface area contributed by atoms with Crippen LogP contribution in [0.1, 0.15) is 17.5 Å². The Morgan fingerprint density at radius 2 is 2.14 bits per heavy atom. The third kappa shape index (κ3) is 1.65. The normalized spacial score (nSPS) is 10.4. The topological polar surface area (TPSA) is 38.7 Å². The summed E-state index contributed by atoms with van der Waals surface area (Å²) in [6.07, 6.45) is 6.34. The monoisotopic (exact) mass is 205 g/mol. The summed E-state index contributed by atoms with van der Waals surface area (Å²) in [5.41, 5.74) is 2.02. The number of hydrogen-bond donors (Lipinski definition) is 0. The lowest BCUT2D eigenvalue weighted by Gasteiger charge is -1.97. The van der Waals surface area contributed by atoms with Gasteiger partial charge in [-0.15, -0.1) is 11.3 Å². The second-order valence-corrected chi connectivity index (χ2v) is 4.12. The molecular weight excluding hydrogens is 194 g/mol. The first-order valence-corrected chi connectivity index (χ1v) is 5.34. The van der Waals surface area contributed by atoms with Crippen molar-refractivity contribution in [1.29, 1.82) is 0 Å². The first-order chi connectivity index (χ1) is 6.81. The molecule has 0 spiro atoms. The Bertz CT molecular complexity index is 436. The minimum absolute atomic E-state index is 0.983. The highest BCUT2D eigenvalue weighted by Gasteiger charge is 2.06. The maximum absolute atomic E-state index is 4.36. The quantitative estimate of drug-likeness (QED) is 0.756. The summed E-state index contributed by atoms with van der Waals surface area (Å²) in [4.78, 5) is 13.8. The SMILES string of the molecule is CCc1cnc(-c2cncnc2C)s1. The van der Waals surface area contributed by atoms with Gasteiger partial charge in [0.1, 0.15) is 11.3 Å². The van der Waals surface area contributed by atoms with E-state index in [2.05, 4.69) is 21.9 Å². The Balaban J connectivity index is 2.44. The van der Waals surface area contributed by atoms with Gasteiger partial charge >= 0.3 is 0 Å². The van der Waals surface area contributed by atoms with Crippen LogP contribution in [0.15, 0.2) is 18.7 Å². The molecule has 0 aliphatic heterocycles. The van der Waals surface area contributed by atoms with Gasteiger partial charge in [-0.05, 0) is 13.3 Å². The van der Waals surface area contributed by atoms with Gasteiger partial charge in [-0.3, -0.25) is 0 Å². The van der Waals surface area contributed by atoms with E-state index in [1.165, 1.54) is 4.88 Å². The molecule has 0 aliphatic rings. The molecule has 2 heterocycles. The van der Waals surface area contributed by atoms with Crippen molar-refractivity contribution in [3.8, 4) is 10.6 Å². The molecule has 0 bridgehead atoms. The smallest absolute Gasteiger partial charge is 0.126 e. The van der Waals surface area contributed by atoms with Crippen molar-refractivity contribution in [2.24, 2.45) is 0 Å². The molecule has 0 amide bonds. The largest absolute Gasteiger partial charge is 0.244 e. The number of hydrogen-bond acceptors (Lipinski definition) is 4. The fraction of sp³-hybridized carbons (Fsp3) is 0.300. The van der Waals surface area contributed by atoms with Crippen molar-refractivity contribution in [3.63, 3.8) is 0 Å². The highest BCUT2D eigenvalue weighted by Crippen LogP contribution is 2.26. The fourth-order valence-electron chi connectivity index (χ4n) is 1.20. The minimum Gasteiger partial charge on any atom is -0.244 e. The molecule has 0 saturated heterocycles. The molecule has 0 saturated carbocycles. The molecule has 4 heteroatoms. The van der Waals surface area contributed by atoms with Crippen molar-refractivity contribution < 1.29 is 0 Å². The van der Waals surface area contributed by atoms with E-state index >= 15 is 0 Å². The summed E-state index contributed by atoms with van der Waals surface area (Å²) in [6, 6.07) is 0. The Morgan fingerprint density at radius 3 is 2.79 bits per heavy atom. The van der Waals surface area contributed by atoms with Gasteiger partial charge in [-0.25, -0.2) is 15.0 Å². The van der Waals surface area contributed by atoms with E-state index < -0.39 is 0 Å². The molecule has 0 radical (unpaired) electrons. The number of aromatic nitrogens is 3. The van der Waals surface area contributed by atoms with E-state index in [0.29, 0.717) is 0 Å². The number of aryl methyl sites for hydroxylation is 2. The molecule has 0 aromatic carbocycles. The third-order valence-electron chi connectivity index (χ3n) is 2.04. The van der Waals surface area contributed by atoms with Gasteiger partial charge in [0.15, 0.2) is 0 Å². The third-order valence-corrected chi connectivity index (χ3v) is 3.22. The molecule has 0 fully saturated rings. The Labute approximate surface area is 86.9 Å². The van der Waals surface area contributed by atoms with Crippen LogP contribution in [0.5, 0.6) is 0 Å². The summed E-state index contributed by atoms with van der Waals surface area (Å²) < 4.78 is 0. The van der Waals surface area contributed by atoms with Gasteiger partial charge in [-0.1, -0.05) is 6.92 Å². The number of thiazole rings is 1. The van der Waals surface area contributed by atoms with Crippen LogP contribution in [0.25, 0.3) is 10.6 Å². The van der Waals surface area contributed by atoms with Crippen LogP contribution in [0.4, 0.5) is 0 Å². The van der Waals surface area contributed by atoms with Gasteiger partial charge in [0.2, 0.25) is 0 Å². The maximum Gasteiger partial charge on any atom is 0.126 e. The molecule has 3 nitrogen and oxygen atoms in total. The average molecular weight is 205 g/mol. The standard InChI is InChI=1S/C10H11N3S/c1-3-8-4-12-10(14-8)9-5-11-6-13-7(9)2/h4-6H,3H2,1-2H3. The van der Waals surface area contributed by atoms with Gasteiger partial charge in [0.25, 0.3) is 0 Å². The highest BCUT2D eigenvalue weighted by atomic mass is 32.1. The van der Waals surface area contributed by atoms with Crippen molar-refractivity contribution in [2.75, 3.05) is 0 Å². The second-order valence-electron chi connectivity index (χ2n) is 3.01. The van der Waals surface area contributed by atoms with Crippen molar-refractivity contribution in [1.82, 2.24) is 15.0 Å². The van der Waals surface area contributed by atoms with Crippen LogP contribution < -0.4 is 0 Å². The molecule has 0 atom stereocenters. The highest BCUT2D eigenvalue weighted by molar-refractivity contribution is 7.15. The number of nitrogens with zero attached hydrogens (tertiary/aromatic N) is 3. The lowest BCUT2D eigenvalue weighted by Crippen LogP contribution is -1.87. The molecule has 72 valence electrons. The van der Waals surface area contributed by atoms with Crippen LogP contribution in [0, 0.1) is 6.92 Å². The minimum atomic E-state index is 0.983. The van der Waals surface area contributed by atoms with E-state index in [9.17, 15) is 0 Å². The van der Waals surface area contributed by atoms with Gasteiger partial charge in [0.05, 0.1) is 11.3 Å². The molecular formula is C10H11N3S. The lowest BCUT2D eigenvalue weighted by molar-refractivity contribution is 1.10. The van der Waals surface area contributed by atoms with Crippen LogP contribution >= 0.6 is 11.3 Å². The average Bonchev–Trinajstić information content (AvgIpc) is 2.67. The molecule has 0 N–H and O–H groups in total. The van der Waals surface area contributed by atoms with E-state index in [1.807, 2.05) is 19.3 Å². The van der Waals surface area contributed by atoms with Crippen LogP contribution in [-0.2, 0) is 6.42 Å². The Kier molecular flexibility index (Phi) is 2.54. The van der Waals surface area contributed by atoms with Gasteiger partial charge in [-0.2, -0.15) is 0 Å². The Hall–Kier alpha value is -1.29. The van der Waals surface area contributed by atoms with E-state index in [-0.39, 0.29) is 0 Å². The molecule has 2 aromatic heterocycles. The fourth-order valence-corrected chi connectivity index (χ4v) is 2.11. The summed E-state index contributed by atoms with van der Waals surface area (Å²) >= 11 is 1.71. The van der Waals surface area contributed by atoms with Crippen molar-refractivity contribution in [3.05, 3.63) is 29.3 Å². The molecule has 0 aliphatic carbocycles. The van der Waals surface area contributed by atoms with E-state index in [1.54, 1.807) is 17.7 Å². The molecule has 14 heavy (non-hydrogen) atoms.